The summed E-state index contributed by atoms with van der Waals surface area (Å²) in [5, 5.41) is 9.19. The molecule has 0 atom stereocenters. The van der Waals surface area contributed by atoms with Gasteiger partial charge in [-0.2, -0.15) is 5.10 Å². The minimum Gasteiger partial charge on any atom is -0.304 e. The lowest BCUT2D eigenvalue weighted by Crippen LogP contribution is -2.08. The molecule has 1 N–H and O–H groups in total. The minimum absolute atomic E-state index is 0.274. The second-order valence-corrected chi connectivity index (χ2v) is 7.52. The molecule has 4 aromatic rings. The molecule has 8 heteroatoms. The van der Waals surface area contributed by atoms with Gasteiger partial charge in [0.1, 0.15) is 16.7 Å². The lowest BCUT2D eigenvalue weighted by Gasteiger charge is -2.14. The van der Waals surface area contributed by atoms with Gasteiger partial charge in [0, 0.05) is 19.4 Å². The first-order valence-corrected chi connectivity index (χ1v) is 9.15. The van der Waals surface area contributed by atoms with Gasteiger partial charge in [0.25, 0.3) is 5.56 Å². The molecule has 1 fully saturated rings. The minimum atomic E-state index is -1.18. The van der Waals surface area contributed by atoms with Gasteiger partial charge in [-0.1, -0.05) is 12.1 Å². The van der Waals surface area contributed by atoms with Crippen molar-refractivity contribution in [1.82, 2.24) is 29.5 Å². The molecule has 7 nitrogen and oxygen atoms in total. The quantitative estimate of drug-likeness (QED) is 0.594. The number of nitrogens with one attached hydrogen (secondary N) is 1. The highest BCUT2D eigenvalue weighted by atomic mass is 19.1. The SMILES string of the molecule is Cc1cc(C2(F)CC2)cc(C)c1-n1cc2c(=O)[nH]c(-c3ccn(C)n3)nc2n1. The van der Waals surface area contributed by atoms with Crippen LogP contribution >= 0.6 is 0 Å². The summed E-state index contributed by atoms with van der Waals surface area (Å²) in [7, 11) is 1.80. The van der Waals surface area contributed by atoms with Gasteiger partial charge in [-0.25, -0.2) is 14.1 Å². The van der Waals surface area contributed by atoms with Crippen LogP contribution in [0.15, 0.2) is 35.4 Å². The molecule has 3 aromatic heterocycles. The Kier molecular flexibility index (Phi) is 3.37. The summed E-state index contributed by atoms with van der Waals surface area (Å²) in [6.07, 6.45) is 4.60. The smallest absolute Gasteiger partial charge is 0.262 e. The maximum absolute atomic E-state index is 14.5. The molecule has 0 spiro atoms. The largest absolute Gasteiger partial charge is 0.304 e. The van der Waals surface area contributed by atoms with Crippen molar-refractivity contribution in [3.63, 3.8) is 0 Å². The van der Waals surface area contributed by atoms with E-state index in [0.717, 1.165) is 22.4 Å². The highest BCUT2D eigenvalue weighted by Crippen LogP contribution is 2.50. The molecule has 1 aliphatic carbocycles. The number of hydrogen-bond donors (Lipinski definition) is 1. The van der Waals surface area contributed by atoms with E-state index >= 15 is 0 Å². The zero-order chi connectivity index (χ0) is 19.6. The van der Waals surface area contributed by atoms with Gasteiger partial charge < -0.3 is 4.98 Å². The Labute approximate surface area is 159 Å². The van der Waals surface area contributed by atoms with Gasteiger partial charge in [-0.05, 0) is 49.4 Å². The second-order valence-electron chi connectivity index (χ2n) is 7.52. The summed E-state index contributed by atoms with van der Waals surface area (Å²) in [4.78, 5) is 19.8. The number of hydrogen-bond acceptors (Lipinski definition) is 4. The van der Waals surface area contributed by atoms with Crippen molar-refractivity contribution in [2.45, 2.75) is 32.4 Å². The number of nitrogens with zero attached hydrogens (tertiary/aromatic N) is 5. The number of halogens is 1. The second kappa shape index (κ2) is 5.60. The van der Waals surface area contributed by atoms with Gasteiger partial charge in [-0.15, -0.1) is 5.10 Å². The van der Waals surface area contributed by atoms with Gasteiger partial charge >= 0.3 is 0 Å². The monoisotopic (exact) mass is 378 g/mol. The summed E-state index contributed by atoms with van der Waals surface area (Å²) in [6.45, 7) is 3.86. The molecule has 142 valence electrons. The number of aromatic nitrogens is 6. The third-order valence-corrected chi connectivity index (χ3v) is 5.27. The number of aryl methyl sites for hydroxylation is 3. The molecule has 1 aliphatic rings. The van der Waals surface area contributed by atoms with E-state index in [0.29, 0.717) is 35.4 Å². The van der Waals surface area contributed by atoms with Crippen LogP contribution in [0, 0.1) is 13.8 Å². The molecule has 1 saturated carbocycles. The van der Waals surface area contributed by atoms with E-state index in [4.69, 9.17) is 0 Å². The number of fused-ring (bicyclic) bond motifs is 1. The number of rotatable bonds is 3. The summed E-state index contributed by atoms with van der Waals surface area (Å²) in [5.41, 5.74) is 2.84. The van der Waals surface area contributed by atoms with Gasteiger partial charge in [0.05, 0.1) is 5.69 Å². The number of alkyl halides is 1. The Morgan fingerprint density at radius 2 is 1.89 bits per heavy atom. The Balaban J connectivity index is 1.64. The Hall–Kier alpha value is -3.29. The molecule has 28 heavy (non-hydrogen) atoms. The van der Waals surface area contributed by atoms with Gasteiger partial charge in [0.15, 0.2) is 11.5 Å². The number of H-pyrrole nitrogens is 1. The van der Waals surface area contributed by atoms with Crippen LogP contribution in [0.25, 0.3) is 28.2 Å². The number of aromatic amines is 1. The first kappa shape index (κ1) is 16.9. The molecule has 0 aliphatic heterocycles. The summed E-state index contributed by atoms with van der Waals surface area (Å²) < 4.78 is 17.8. The van der Waals surface area contributed by atoms with E-state index in [1.165, 1.54) is 0 Å². The Bertz CT molecular complexity index is 1270. The molecule has 0 bridgehead atoms. The van der Waals surface area contributed by atoms with Crippen molar-refractivity contribution in [1.29, 1.82) is 0 Å². The zero-order valence-corrected chi connectivity index (χ0v) is 15.8. The average Bonchev–Trinajstić information content (AvgIpc) is 3.04. The summed E-state index contributed by atoms with van der Waals surface area (Å²) >= 11 is 0. The molecular weight excluding hydrogens is 359 g/mol. The van der Waals surface area contributed by atoms with Crippen molar-refractivity contribution < 1.29 is 4.39 Å². The Morgan fingerprint density at radius 1 is 1.18 bits per heavy atom. The summed E-state index contributed by atoms with van der Waals surface area (Å²) in [5.74, 6) is 0.375. The van der Waals surface area contributed by atoms with E-state index in [2.05, 4.69) is 20.2 Å². The fraction of sp³-hybridized carbons (Fsp3) is 0.300. The topological polar surface area (TPSA) is 81.4 Å². The van der Waals surface area contributed by atoms with E-state index < -0.39 is 5.67 Å². The van der Waals surface area contributed by atoms with Crippen molar-refractivity contribution in [2.75, 3.05) is 0 Å². The average molecular weight is 378 g/mol. The Morgan fingerprint density at radius 3 is 2.50 bits per heavy atom. The van der Waals surface area contributed by atoms with Crippen LogP contribution in [0.2, 0.25) is 0 Å². The van der Waals surface area contributed by atoms with Crippen LogP contribution in [0.3, 0.4) is 0 Å². The zero-order valence-electron chi connectivity index (χ0n) is 15.8. The van der Waals surface area contributed by atoms with Gasteiger partial charge in [-0.3, -0.25) is 9.48 Å². The molecular formula is C20H19FN6O. The third-order valence-electron chi connectivity index (χ3n) is 5.27. The van der Waals surface area contributed by atoms with E-state index in [9.17, 15) is 9.18 Å². The fourth-order valence-corrected chi connectivity index (χ4v) is 3.67. The van der Waals surface area contributed by atoms with Gasteiger partial charge in [0.2, 0.25) is 0 Å². The van der Waals surface area contributed by atoms with E-state index in [-0.39, 0.29) is 5.56 Å². The van der Waals surface area contributed by atoms with Crippen molar-refractivity contribution in [3.8, 4) is 17.2 Å². The molecule has 1 aromatic carbocycles. The van der Waals surface area contributed by atoms with Crippen molar-refractivity contribution >= 4 is 11.0 Å². The third kappa shape index (κ3) is 2.56. The van der Waals surface area contributed by atoms with Crippen molar-refractivity contribution in [3.05, 3.63) is 57.6 Å². The van der Waals surface area contributed by atoms with Crippen LogP contribution in [-0.2, 0) is 12.7 Å². The standard InChI is InChI=1S/C20H19FN6O/c1-11-8-13(20(21)5-6-20)9-12(2)16(11)27-10-14-17(25-27)22-18(23-19(14)28)15-4-7-26(3)24-15/h4,7-10H,5-6H2,1-3H3,(H,22,23,25,28). The number of benzene rings is 1. The first-order valence-electron chi connectivity index (χ1n) is 9.15. The van der Waals surface area contributed by atoms with E-state index in [1.54, 1.807) is 34.9 Å². The first-order chi connectivity index (χ1) is 13.3. The van der Waals surface area contributed by atoms with Crippen LogP contribution in [0.5, 0.6) is 0 Å². The maximum atomic E-state index is 14.5. The molecule has 3 heterocycles. The highest BCUT2D eigenvalue weighted by Gasteiger charge is 2.45. The highest BCUT2D eigenvalue weighted by molar-refractivity contribution is 5.75. The van der Waals surface area contributed by atoms with Crippen LogP contribution in [0.4, 0.5) is 4.39 Å². The van der Waals surface area contributed by atoms with Crippen LogP contribution in [-0.4, -0.2) is 29.5 Å². The predicted molar refractivity (Wildman–Crippen MR) is 103 cm³/mol. The fourth-order valence-electron chi connectivity index (χ4n) is 3.67. The van der Waals surface area contributed by atoms with E-state index in [1.807, 2.05) is 26.0 Å². The lowest BCUT2D eigenvalue weighted by atomic mass is 10.0. The molecule has 5 rings (SSSR count). The summed E-state index contributed by atoms with van der Waals surface area (Å²) in [6, 6.07) is 5.52. The lowest BCUT2D eigenvalue weighted by molar-refractivity contribution is 0.317. The normalized spacial score (nSPS) is 15.3. The van der Waals surface area contributed by atoms with Crippen LogP contribution < -0.4 is 5.56 Å². The van der Waals surface area contributed by atoms with Crippen molar-refractivity contribution in [2.24, 2.45) is 7.05 Å². The molecule has 0 radical (unpaired) electrons. The molecule has 0 unspecified atom stereocenters. The molecule has 0 saturated heterocycles. The maximum Gasteiger partial charge on any atom is 0.262 e. The molecule has 0 amide bonds. The predicted octanol–water partition coefficient (Wildman–Crippen LogP) is 3.08. The van der Waals surface area contributed by atoms with Crippen LogP contribution in [0.1, 0.15) is 29.5 Å².